The third-order valence-corrected chi connectivity index (χ3v) is 14.1. The number of fused-ring (bicyclic) bond motifs is 7. The van der Waals surface area contributed by atoms with Crippen LogP contribution in [0.15, 0.2) is 260 Å². The monoisotopic (exact) mass is 953 g/mol. The Bertz CT molecular complexity index is 4100. The molecule has 7 nitrogen and oxygen atoms in total. The van der Waals surface area contributed by atoms with E-state index < -0.39 is 0 Å². The lowest BCUT2D eigenvalue weighted by Gasteiger charge is -2.27. The van der Waals surface area contributed by atoms with Crippen LogP contribution in [-0.2, 0) is 0 Å². The molecule has 0 N–H and O–H groups in total. The fourth-order valence-corrected chi connectivity index (χ4v) is 10.6. The highest BCUT2D eigenvalue weighted by molar-refractivity contribution is 6.24. The minimum absolute atomic E-state index is 0.527. The van der Waals surface area contributed by atoms with Gasteiger partial charge in [0.25, 0.3) is 0 Å². The fourth-order valence-electron chi connectivity index (χ4n) is 10.6. The lowest BCUT2D eigenvalue weighted by Crippen LogP contribution is -2.16. The van der Waals surface area contributed by atoms with Crippen LogP contribution in [0.3, 0.4) is 0 Å². The lowest BCUT2D eigenvalue weighted by atomic mass is 10.1. The van der Waals surface area contributed by atoms with Gasteiger partial charge in [0.2, 0.25) is 5.95 Å². The first-order chi connectivity index (χ1) is 36.6. The average Bonchev–Trinajstić information content (AvgIpc) is 3.91. The highest BCUT2D eigenvalue weighted by atomic mass is 15.2. The summed E-state index contributed by atoms with van der Waals surface area (Å²) in [5, 5.41) is 4.41. The van der Waals surface area contributed by atoms with Crippen molar-refractivity contribution < 1.29 is 0 Å². The molecular weight excluding hydrogens is 903 g/mol. The molecule has 0 amide bonds. The first kappa shape index (κ1) is 44.4. The van der Waals surface area contributed by atoms with Gasteiger partial charge < -0.3 is 14.4 Å². The van der Waals surface area contributed by atoms with Gasteiger partial charge in [0.15, 0.2) is 11.6 Å². The average molecular weight is 954 g/mol. The molecule has 0 fully saturated rings. The van der Waals surface area contributed by atoms with Gasteiger partial charge >= 0.3 is 0 Å². The fraction of sp³-hybridized carbons (Fsp3) is 0.0746. The van der Waals surface area contributed by atoms with Crippen LogP contribution in [0.5, 0.6) is 0 Å². The molecule has 74 heavy (non-hydrogen) atoms. The molecule has 0 spiro atoms. The zero-order chi connectivity index (χ0) is 49.4. The summed E-state index contributed by atoms with van der Waals surface area (Å²) in [5.74, 6) is 1.70. The second-order valence-electron chi connectivity index (χ2n) is 18.8. The van der Waals surface area contributed by atoms with E-state index in [2.05, 4.69) is 256 Å². The molecule has 0 saturated heterocycles. The van der Waals surface area contributed by atoms with Crippen molar-refractivity contribution in [2.45, 2.75) is 32.6 Å². The molecule has 0 saturated carbocycles. The minimum atomic E-state index is 0.527. The van der Waals surface area contributed by atoms with Crippen LogP contribution in [0.1, 0.15) is 37.1 Å². The van der Waals surface area contributed by atoms with E-state index in [0.29, 0.717) is 17.6 Å². The molecule has 0 radical (unpaired) electrons. The molecule has 0 aliphatic heterocycles. The number of aromatic nitrogens is 5. The summed E-state index contributed by atoms with van der Waals surface area (Å²) in [6.07, 6.45) is 31.7. The maximum atomic E-state index is 5.49. The normalized spacial score (nSPS) is 15.4. The van der Waals surface area contributed by atoms with Gasteiger partial charge in [-0.25, -0.2) is 4.98 Å². The van der Waals surface area contributed by atoms with Crippen LogP contribution in [0.4, 0.5) is 22.7 Å². The molecule has 7 aromatic carbocycles. The molecule has 3 aliphatic rings. The van der Waals surface area contributed by atoms with Crippen molar-refractivity contribution >= 4 is 71.9 Å². The highest BCUT2D eigenvalue weighted by Gasteiger charge is 2.26. The topological polar surface area (TPSA) is 55.0 Å². The van der Waals surface area contributed by atoms with Crippen molar-refractivity contribution in [2.75, 3.05) is 9.80 Å². The summed E-state index contributed by atoms with van der Waals surface area (Å²) < 4.78 is 4.72. The van der Waals surface area contributed by atoms with Crippen molar-refractivity contribution in [3.8, 4) is 23.0 Å². The minimum Gasteiger partial charge on any atom is -0.311 e. The van der Waals surface area contributed by atoms with Crippen LogP contribution >= 0.6 is 0 Å². The van der Waals surface area contributed by atoms with E-state index in [1.54, 1.807) is 0 Å². The molecule has 3 aliphatic carbocycles. The maximum absolute atomic E-state index is 5.49. The van der Waals surface area contributed by atoms with Gasteiger partial charge in [0.05, 0.1) is 22.1 Å². The number of hydrogen-bond acceptors (Lipinski definition) is 5. The molecule has 0 atom stereocenters. The summed E-state index contributed by atoms with van der Waals surface area (Å²) >= 11 is 0. The third-order valence-electron chi connectivity index (χ3n) is 14.1. The van der Waals surface area contributed by atoms with E-state index in [0.717, 1.165) is 120 Å². The SMILES string of the molecule is Cc1ccc(-c2nc(C3=C/C=C=CC/C=C\3)nc(-n3c4ccc(N(C5=CCC=CC=C5)c5ccccc5)cc4c4ccc5c6cc(N(C7=CCCC=C7)c7ccccc7)ccc6n(-c6ccccc6)c5c43)n2)cc1. The number of nitrogens with zero attached hydrogens (tertiary/aromatic N) is 7. The molecule has 0 bridgehead atoms. The van der Waals surface area contributed by atoms with E-state index in [1.807, 2.05) is 18.2 Å². The summed E-state index contributed by atoms with van der Waals surface area (Å²) in [6, 6.07) is 58.9. The van der Waals surface area contributed by atoms with E-state index in [1.165, 1.54) is 5.70 Å². The molecule has 0 unspecified atom stereocenters. The second-order valence-corrected chi connectivity index (χ2v) is 18.8. The van der Waals surface area contributed by atoms with E-state index >= 15 is 0 Å². The second kappa shape index (κ2) is 19.2. The Morgan fingerprint density at radius 3 is 1.80 bits per heavy atom. The van der Waals surface area contributed by atoms with Gasteiger partial charge in [-0.15, -0.1) is 5.73 Å². The van der Waals surface area contributed by atoms with Crippen LogP contribution in [0.25, 0.3) is 72.2 Å². The Labute approximate surface area is 430 Å². The molecular formula is C67H51N7. The van der Waals surface area contributed by atoms with E-state index in [-0.39, 0.29) is 0 Å². The van der Waals surface area contributed by atoms with Gasteiger partial charge in [0.1, 0.15) is 0 Å². The summed E-state index contributed by atoms with van der Waals surface area (Å²) in [6.45, 7) is 2.10. The van der Waals surface area contributed by atoms with Crippen molar-refractivity contribution in [3.63, 3.8) is 0 Å². The Morgan fingerprint density at radius 2 is 1.12 bits per heavy atom. The lowest BCUT2D eigenvalue weighted by molar-refractivity contribution is 0.932. The largest absolute Gasteiger partial charge is 0.311 e. The molecule has 10 aromatic rings. The predicted molar refractivity (Wildman–Crippen MR) is 308 cm³/mol. The molecule has 3 heterocycles. The Morgan fingerprint density at radius 1 is 0.486 bits per heavy atom. The van der Waals surface area contributed by atoms with E-state index in [9.17, 15) is 0 Å². The Balaban J connectivity index is 1.15. The number of aryl methyl sites for hydroxylation is 1. The number of para-hydroxylation sites is 3. The number of benzene rings is 7. The Hall–Kier alpha value is -9.55. The van der Waals surface area contributed by atoms with Crippen molar-refractivity contribution in [3.05, 3.63) is 271 Å². The van der Waals surface area contributed by atoms with Crippen LogP contribution in [0.2, 0.25) is 0 Å². The van der Waals surface area contributed by atoms with Gasteiger partial charge in [-0.2, -0.15) is 9.97 Å². The summed E-state index contributed by atoms with van der Waals surface area (Å²) in [5.41, 5.74) is 18.0. The molecule has 7 heteroatoms. The third kappa shape index (κ3) is 8.12. The number of rotatable bonds is 10. The summed E-state index contributed by atoms with van der Waals surface area (Å²) in [7, 11) is 0. The zero-order valence-electron chi connectivity index (χ0n) is 41.1. The predicted octanol–water partition coefficient (Wildman–Crippen LogP) is 17.0. The van der Waals surface area contributed by atoms with Crippen LogP contribution in [-0.4, -0.2) is 24.1 Å². The van der Waals surface area contributed by atoms with Gasteiger partial charge in [-0.3, -0.25) is 4.57 Å². The molecule has 354 valence electrons. The Kier molecular flexibility index (Phi) is 11.5. The smallest absolute Gasteiger partial charge is 0.238 e. The first-order valence-corrected chi connectivity index (χ1v) is 25.5. The van der Waals surface area contributed by atoms with Crippen molar-refractivity contribution in [2.24, 2.45) is 0 Å². The highest BCUT2D eigenvalue weighted by Crippen LogP contribution is 2.45. The van der Waals surface area contributed by atoms with Crippen molar-refractivity contribution in [1.82, 2.24) is 24.1 Å². The van der Waals surface area contributed by atoms with Gasteiger partial charge in [0, 0.05) is 72.5 Å². The number of allylic oxidation sites excluding steroid dienone is 13. The quantitative estimate of drug-likeness (QED) is 0.128. The summed E-state index contributed by atoms with van der Waals surface area (Å²) in [4.78, 5) is 20.9. The van der Waals surface area contributed by atoms with Crippen LogP contribution < -0.4 is 9.80 Å². The van der Waals surface area contributed by atoms with Crippen LogP contribution in [0, 0.1) is 6.92 Å². The van der Waals surface area contributed by atoms with Gasteiger partial charge in [-0.1, -0.05) is 145 Å². The molecule has 13 rings (SSSR count). The molecule has 3 aromatic heterocycles. The first-order valence-electron chi connectivity index (χ1n) is 25.5. The number of hydrogen-bond donors (Lipinski definition) is 0. The van der Waals surface area contributed by atoms with E-state index in [4.69, 9.17) is 15.0 Å². The van der Waals surface area contributed by atoms with Gasteiger partial charge in [-0.05, 0) is 136 Å². The number of anilines is 4. The van der Waals surface area contributed by atoms with Crippen molar-refractivity contribution in [1.29, 1.82) is 0 Å². The maximum Gasteiger partial charge on any atom is 0.238 e. The standard InChI is InChI=1S/C67H51N7/c1-47-35-37-49(38-36-47)66-68-65(48-23-11-3-2-4-12-24-48)69-67(70-66)74-62-44-40-56(71(51-27-15-7-16-28-51)50-25-13-5-6-14-26-50)46-60(62)58-42-41-57-59-45-55(72(52-29-17-8-18-30-52)53-31-19-9-20-32-53)39-43-61(59)73(63(57)64(58)74)54-33-21-10-22-34-54/h2,5-8,10-13,15-19,21-46H,3,9,14,20H2,1H3/b23-11-,48-24+. The zero-order valence-corrected chi connectivity index (χ0v) is 41.1.